The molecular weight excluding hydrogens is 202 g/mol. The maximum atomic E-state index is 8.84. The standard InChI is InChI=1S/C10H15NO2.ClH/c12-7-8-4-5-10(13-8)9-3-1-2-6-11-9;/h4-5,9,11-12H,1-3,6-7H2;1H/t9-;/m0./s1. The number of aliphatic hydroxyl groups excluding tert-OH is 1. The quantitative estimate of drug-likeness (QED) is 0.797. The zero-order chi connectivity index (χ0) is 9.10. The molecule has 0 amide bonds. The summed E-state index contributed by atoms with van der Waals surface area (Å²) >= 11 is 0. The fourth-order valence-corrected chi connectivity index (χ4v) is 1.76. The lowest BCUT2D eigenvalue weighted by Crippen LogP contribution is -2.26. The SMILES string of the molecule is Cl.OCc1ccc([C@@H]2CCCCN2)o1. The zero-order valence-corrected chi connectivity index (χ0v) is 8.85. The van der Waals surface area contributed by atoms with Gasteiger partial charge in [-0.2, -0.15) is 0 Å². The van der Waals surface area contributed by atoms with E-state index in [9.17, 15) is 0 Å². The minimum Gasteiger partial charge on any atom is -0.462 e. The van der Waals surface area contributed by atoms with Crippen molar-refractivity contribution >= 4 is 12.4 Å². The summed E-state index contributed by atoms with van der Waals surface area (Å²) in [5, 5.41) is 12.2. The molecule has 1 atom stereocenters. The van der Waals surface area contributed by atoms with Crippen LogP contribution in [0.1, 0.15) is 36.8 Å². The Kier molecular flexibility index (Phi) is 4.45. The average Bonchev–Trinajstić information content (AvgIpc) is 2.67. The average molecular weight is 218 g/mol. The molecule has 0 bridgehead atoms. The minimum absolute atomic E-state index is 0. The molecule has 0 radical (unpaired) electrons. The molecule has 1 aliphatic heterocycles. The van der Waals surface area contributed by atoms with Crippen LogP contribution in [-0.2, 0) is 6.61 Å². The number of aliphatic hydroxyl groups is 1. The van der Waals surface area contributed by atoms with E-state index in [4.69, 9.17) is 9.52 Å². The van der Waals surface area contributed by atoms with Gasteiger partial charge in [0.2, 0.25) is 0 Å². The van der Waals surface area contributed by atoms with Crippen LogP contribution in [0.5, 0.6) is 0 Å². The first-order chi connectivity index (χ1) is 6.40. The van der Waals surface area contributed by atoms with Gasteiger partial charge < -0.3 is 14.8 Å². The van der Waals surface area contributed by atoms with Gasteiger partial charge in [-0.1, -0.05) is 6.42 Å². The Morgan fingerprint density at radius 3 is 2.86 bits per heavy atom. The molecule has 1 aromatic heterocycles. The summed E-state index contributed by atoms with van der Waals surface area (Å²) in [5.74, 6) is 1.62. The first-order valence-electron chi connectivity index (χ1n) is 4.83. The fourth-order valence-electron chi connectivity index (χ4n) is 1.76. The highest BCUT2D eigenvalue weighted by molar-refractivity contribution is 5.85. The van der Waals surface area contributed by atoms with Gasteiger partial charge in [0.25, 0.3) is 0 Å². The Morgan fingerprint density at radius 2 is 2.29 bits per heavy atom. The van der Waals surface area contributed by atoms with E-state index in [-0.39, 0.29) is 19.0 Å². The Balaban J connectivity index is 0.000000980. The summed E-state index contributed by atoms with van der Waals surface area (Å²) in [6.45, 7) is 1.06. The van der Waals surface area contributed by atoms with Gasteiger partial charge in [0.05, 0.1) is 6.04 Å². The summed E-state index contributed by atoms with van der Waals surface area (Å²) in [7, 11) is 0. The molecule has 3 nitrogen and oxygen atoms in total. The van der Waals surface area contributed by atoms with Gasteiger partial charge in [-0.3, -0.25) is 0 Å². The highest BCUT2D eigenvalue weighted by atomic mass is 35.5. The number of hydrogen-bond donors (Lipinski definition) is 2. The van der Waals surface area contributed by atoms with E-state index in [1.165, 1.54) is 12.8 Å². The van der Waals surface area contributed by atoms with E-state index >= 15 is 0 Å². The second-order valence-corrected chi connectivity index (χ2v) is 3.46. The molecule has 1 saturated heterocycles. The lowest BCUT2D eigenvalue weighted by atomic mass is 10.0. The van der Waals surface area contributed by atoms with Crippen molar-refractivity contribution in [1.29, 1.82) is 0 Å². The van der Waals surface area contributed by atoms with E-state index in [0.717, 1.165) is 18.7 Å². The summed E-state index contributed by atoms with van der Waals surface area (Å²) in [6, 6.07) is 4.15. The number of piperidine rings is 1. The number of rotatable bonds is 2. The molecule has 0 aromatic carbocycles. The third-order valence-electron chi connectivity index (χ3n) is 2.49. The number of halogens is 1. The van der Waals surface area contributed by atoms with Crippen molar-refractivity contribution in [3.8, 4) is 0 Å². The third kappa shape index (κ3) is 2.50. The lowest BCUT2D eigenvalue weighted by molar-refractivity contribution is 0.236. The summed E-state index contributed by atoms with van der Waals surface area (Å²) in [5.41, 5.74) is 0. The molecule has 1 fully saturated rings. The first kappa shape index (κ1) is 11.6. The van der Waals surface area contributed by atoms with Crippen molar-refractivity contribution in [2.75, 3.05) is 6.54 Å². The van der Waals surface area contributed by atoms with Gasteiger partial charge in [-0.15, -0.1) is 12.4 Å². The zero-order valence-electron chi connectivity index (χ0n) is 8.03. The molecule has 0 unspecified atom stereocenters. The molecule has 80 valence electrons. The molecule has 14 heavy (non-hydrogen) atoms. The first-order valence-corrected chi connectivity index (χ1v) is 4.83. The van der Waals surface area contributed by atoms with E-state index in [1.54, 1.807) is 0 Å². The van der Waals surface area contributed by atoms with E-state index in [0.29, 0.717) is 11.8 Å². The third-order valence-corrected chi connectivity index (χ3v) is 2.49. The molecular formula is C10H16ClNO2. The van der Waals surface area contributed by atoms with Crippen molar-refractivity contribution < 1.29 is 9.52 Å². The Labute approximate surface area is 89.9 Å². The molecule has 1 aliphatic rings. The highest BCUT2D eigenvalue weighted by Crippen LogP contribution is 2.24. The van der Waals surface area contributed by atoms with Gasteiger partial charge >= 0.3 is 0 Å². The van der Waals surface area contributed by atoms with Gasteiger partial charge in [-0.05, 0) is 31.5 Å². The van der Waals surface area contributed by atoms with Crippen molar-refractivity contribution in [2.24, 2.45) is 0 Å². The normalized spacial score (nSPS) is 21.6. The monoisotopic (exact) mass is 217 g/mol. The molecule has 4 heteroatoms. The molecule has 0 spiro atoms. The van der Waals surface area contributed by atoms with Gasteiger partial charge in [0.1, 0.15) is 18.1 Å². The Bertz CT molecular complexity index is 269. The van der Waals surface area contributed by atoms with Crippen LogP contribution in [0, 0.1) is 0 Å². The Morgan fingerprint density at radius 1 is 1.43 bits per heavy atom. The molecule has 0 aliphatic carbocycles. The van der Waals surface area contributed by atoms with Crippen LogP contribution < -0.4 is 5.32 Å². The maximum Gasteiger partial charge on any atom is 0.129 e. The van der Waals surface area contributed by atoms with Crippen LogP contribution in [0.4, 0.5) is 0 Å². The lowest BCUT2D eigenvalue weighted by Gasteiger charge is -2.21. The molecule has 2 rings (SSSR count). The van der Waals surface area contributed by atoms with Crippen LogP contribution >= 0.6 is 12.4 Å². The van der Waals surface area contributed by atoms with Crippen molar-refractivity contribution in [1.82, 2.24) is 5.32 Å². The van der Waals surface area contributed by atoms with Crippen molar-refractivity contribution in [2.45, 2.75) is 31.9 Å². The van der Waals surface area contributed by atoms with Gasteiger partial charge in [-0.25, -0.2) is 0 Å². The van der Waals surface area contributed by atoms with E-state index in [2.05, 4.69) is 5.32 Å². The van der Waals surface area contributed by atoms with Crippen LogP contribution in [-0.4, -0.2) is 11.7 Å². The maximum absolute atomic E-state index is 8.84. The second-order valence-electron chi connectivity index (χ2n) is 3.46. The van der Waals surface area contributed by atoms with Crippen LogP contribution in [0.15, 0.2) is 16.5 Å². The topological polar surface area (TPSA) is 45.4 Å². The Hall–Kier alpha value is -0.510. The summed E-state index contributed by atoms with van der Waals surface area (Å²) in [6.07, 6.45) is 3.65. The summed E-state index contributed by atoms with van der Waals surface area (Å²) < 4.78 is 5.46. The number of nitrogens with one attached hydrogen (secondary N) is 1. The van der Waals surface area contributed by atoms with Crippen LogP contribution in [0.2, 0.25) is 0 Å². The van der Waals surface area contributed by atoms with E-state index in [1.807, 2.05) is 12.1 Å². The molecule has 2 N–H and O–H groups in total. The van der Waals surface area contributed by atoms with Crippen LogP contribution in [0.3, 0.4) is 0 Å². The highest BCUT2D eigenvalue weighted by Gasteiger charge is 2.17. The predicted molar refractivity (Wildman–Crippen MR) is 56.5 cm³/mol. The smallest absolute Gasteiger partial charge is 0.129 e. The molecule has 0 saturated carbocycles. The number of furan rings is 1. The van der Waals surface area contributed by atoms with Crippen molar-refractivity contribution in [3.05, 3.63) is 23.7 Å². The predicted octanol–water partition coefficient (Wildman–Crippen LogP) is 2.01. The molecule has 1 aromatic rings. The van der Waals surface area contributed by atoms with Crippen molar-refractivity contribution in [3.63, 3.8) is 0 Å². The number of hydrogen-bond acceptors (Lipinski definition) is 3. The summed E-state index contributed by atoms with van der Waals surface area (Å²) in [4.78, 5) is 0. The van der Waals surface area contributed by atoms with Gasteiger partial charge in [0.15, 0.2) is 0 Å². The minimum atomic E-state index is -0.00722. The second kappa shape index (κ2) is 5.39. The van der Waals surface area contributed by atoms with E-state index < -0.39 is 0 Å². The van der Waals surface area contributed by atoms with Crippen LogP contribution in [0.25, 0.3) is 0 Å². The fraction of sp³-hybridized carbons (Fsp3) is 0.600. The largest absolute Gasteiger partial charge is 0.462 e. The van der Waals surface area contributed by atoms with Gasteiger partial charge in [0, 0.05) is 0 Å². The molecule has 2 heterocycles.